The van der Waals surface area contributed by atoms with E-state index in [1.165, 1.54) is 0 Å². The summed E-state index contributed by atoms with van der Waals surface area (Å²) < 4.78 is 53.6. The zero-order valence-corrected chi connectivity index (χ0v) is 19.2. The first-order valence-corrected chi connectivity index (χ1v) is 20.3. The van der Waals surface area contributed by atoms with Crippen molar-refractivity contribution < 1.29 is 25.3 Å². The Morgan fingerprint density at radius 2 is 1.10 bits per heavy atom. The van der Waals surface area contributed by atoms with Gasteiger partial charge in [-0.1, -0.05) is 0 Å². The van der Waals surface area contributed by atoms with Gasteiger partial charge in [0.05, 0.1) is 0 Å². The zero-order chi connectivity index (χ0) is 17.3. The van der Waals surface area contributed by atoms with Gasteiger partial charge in [0.15, 0.2) is 22.1 Å². The average molecular weight is 393 g/mol. The van der Waals surface area contributed by atoms with E-state index in [4.69, 9.17) is 12.3 Å². The highest BCUT2D eigenvalue weighted by molar-refractivity contribution is 7.94. The van der Waals surface area contributed by atoms with Gasteiger partial charge in [-0.15, -0.1) is 0 Å². The summed E-state index contributed by atoms with van der Waals surface area (Å²) in [4.78, 5) is 0. The number of rotatable bonds is 8. The van der Waals surface area contributed by atoms with Gasteiger partial charge in [-0.2, -0.15) is 8.42 Å². The maximum atomic E-state index is 12.9. The Bertz CT molecular complexity index is 480. The van der Waals surface area contributed by atoms with Crippen LogP contribution in [0.4, 0.5) is 0 Å². The summed E-state index contributed by atoms with van der Waals surface area (Å²) in [6.07, 6.45) is 0. The van der Waals surface area contributed by atoms with Crippen molar-refractivity contribution in [3.63, 3.8) is 0 Å². The fourth-order valence-electron chi connectivity index (χ4n) is 1.51. The van der Waals surface area contributed by atoms with Crippen LogP contribution in [0, 0.1) is 0 Å². The van der Waals surface area contributed by atoms with Crippen molar-refractivity contribution in [3.05, 3.63) is 0 Å². The van der Waals surface area contributed by atoms with Gasteiger partial charge in [-0.3, -0.25) is 4.57 Å². The molecule has 0 aromatic heterocycles. The van der Waals surface area contributed by atoms with Crippen molar-refractivity contribution in [2.45, 2.75) is 58.9 Å². The molecule has 0 N–H and O–H groups in total. The molecule has 0 aromatic rings. The molecule has 21 heavy (non-hydrogen) atoms. The van der Waals surface area contributed by atoms with E-state index >= 15 is 0 Å². The summed E-state index contributed by atoms with van der Waals surface area (Å²) in [6.45, 7) is 16.4. The van der Waals surface area contributed by atoms with Crippen molar-refractivity contribution in [2.75, 3.05) is 5.49 Å². The molecule has 6 nitrogen and oxygen atoms in total. The third kappa shape index (κ3) is 11.9. The monoisotopic (exact) mass is 392 g/mol. The second-order valence-corrected chi connectivity index (χ2v) is 26.1. The fraction of sp³-hybridized carbons (Fsp3) is 1.00. The van der Waals surface area contributed by atoms with Gasteiger partial charge in [0.2, 0.25) is 8.32 Å². The molecule has 0 atom stereocenters. The van der Waals surface area contributed by atoms with Crippen LogP contribution in [-0.2, 0) is 27.0 Å². The SMILES string of the molecule is C[Si](C)(C)OP(=O)(CS(=O)(=O)O[Si](C)(C)C)O[Si](C)(C)C. The maximum absolute atomic E-state index is 12.9. The molecule has 0 heterocycles. The van der Waals surface area contributed by atoms with E-state index in [0.717, 1.165) is 0 Å². The quantitative estimate of drug-likeness (QED) is 0.458. The second kappa shape index (κ2) is 6.68. The third-order valence-electron chi connectivity index (χ3n) is 1.52. The van der Waals surface area contributed by atoms with Crippen molar-refractivity contribution in [1.29, 1.82) is 0 Å². The van der Waals surface area contributed by atoms with Crippen LogP contribution in [0.25, 0.3) is 0 Å². The van der Waals surface area contributed by atoms with Gasteiger partial charge < -0.3 is 12.3 Å². The van der Waals surface area contributed by atoms with Crippen LogP contribution in [0.2, 0.25) is 58.9 Å². The smallest absolute Gasteiger partial charge is 0.328 e. The highest BCUT2D eigenvalue weighted by atomic mass is 32.2. The van der Waals surface area contributed by atoms with E-state index in [1.807, 2.05) is 39.3 Å². The molecule has 0 bridgehead atoms. The molecule has 0 amide bonds. The van der Waals surface area contributed by atoms with E-state index in [-0.39, 0.29) is 0 Å². The lowest BCUT2D eigenvalue weighted by Gasteiger charge is -2.31. The highest BCUT2D eigenvalue weighted by Gasteiger charge is 2.41. The Morgan fingerprint density at radius 3 is 1.33 bits per heavy atom. The first-order chi connectivity index (χ1) is 8.83. The molecular formula is C10H29O6PSSi3. The minimum absolute atomic E-state index is 0.710. The van der Waals surface area contributed by atoms with E-state index in [0.29, 0.717) is 0 Å². The van der Waals surface area contributed by atoms with Crippen LogP contribution in [0.3, 0.4) is 0 Å². The van der Waals surface area contributed by atoms with Gasteiger partial charge in [0, 0.05) is 0 Å². The maximum Gasteiger partial charge on any atom is 0.328 e. The van der Waals surface area contributed by atoms with E-state index in [9.17, 15) is 13.0 Å². The number of hydrogen-bond acceptors (Lipinski definition) is 6. The Kier molecular flexibility index (Phi) is 6.90. The summed E-state index contributed by atoms with van der Waals surface area (Å²) in [5, 5.41) is 0. The van der Waals surface area contributed by atoms with Gasteiger partial charge >= 0.3 is 7.60 Å². The normalized spacial score (nSPS) is 15.3. The van der Waals surface area contributed by atoms with Crippen LogP contribution in [-0.4, -0.2) is 38.9 Å². The molecular weight excluding hydrogens is 363 g/mol. The van der Waals surface area contributed by atoms with E-state index < -0.39 is 48.2 Å². The largest absolute Gasteiger partial charge is 0.351 e. The minimum atomic E-state index is -3.95. The highest BCUT2D eigenvalue weighted by Crippen LogP contribution is 2.54. The molecule has 0 aliphatic heterocycles. The molecule has 0 unspecified atom stereocenters. The Labute approximate surface area is 132 Å². The van der Waals surface area contributed by atoms with Crippen molar-refractivity contribution >= 4 is 42.7 Å². The first-order valence-electron chi connectivity index (χ1n) is 6.76. The van der Waals surface area contributed by atoms with E-state index in [2.05, 4.69) is 0 Å². The van der Waals surface area contributed by atoms with Crippen LogP contribution < -0.4 is 0 Å². The predicted octanol–water partition coefficient (Wildman–Crippen LogP) is 4.02. The van der Waals surface area contributed by atoms with Gasteiger partial charge in [-0.25, -0.2) is 0 Å². The zero-order valence-electron chi connectivity index (χ0n) is 14.5. The van der Waals surface area contributed by atoms with Crippen LogP contribution in [0.1, 0.15) is 0 Å². The van der Waals surface area contributed by atoms with Crippen LogP contribution >= 0.6 is 7.60 Å². The van der Waals surface area contributed by atoms with Gasteiger partial charge in [0.1, 0.15) is 0 Å². The summed E-state index contributed by atoms with van der Waals surface area (Å²) in [5.41, 5.74) is -0.710. The molecule has 0 saturated carbocycles. The summed E-state index contributed by atoms with van der Waals surface area (Å²) in [5.74, 6) is 0. The standard InChI is InChI=1S/C10H29O6PSSi3/c1-19(2,3)14-17(11,15-20(4,5)6)10-18(12,13)16-21(7,8)9/h10H2,1-9H3. The first kappa shape index (κ1) is 21.7. The summed E-state index contributed by atoms with van der Waals surface area (Å²) in [7, 11) is -14.4. The lowest BCUT2D eigenvalue weighted by Crippen LogP contribution is -2.34. The molecule has 0 saturated heterocycles. The molecule has 0 fully saturated rings. The Morgan fingerprint density at radius 1 is 0.762 bits per heavy atom. The lowest BCUT2D eigenvalue weighted by atomic mass is 11.8. The van der Waals surface area contributed by atoms with Gasteiger partial charge in [0.25, 0.3) is 10.1 Å². The molecule has 0 spiro atoms. The van der Waals surface area contributed by atoms with E-state index in [1.54, 1.807) is 19.6 Å². The molecule has 128 valence electrons. The third-order valence-corrected chi connectivity index (χ3v) is 13.7. The summed E-state index contributed by atoms with van der Waals surface area (Å²) >= 11 is 0. The van der Waals surface area contributed by atoms with Crippen molar-refractivity contribution in [3.8, 4) is 0 Å². The fourth-order valence-corrected chi connectivity index (χ4v) is 15.3. The molecule has 0 aromatic carbocycles. The Balaban J connectivity index is 5.40. The molecule has 0 aliphatic carbocycles. The molecule has 0 aliphatic rings. The molecule has 0 rings (SSSR count). The number of hydrogen-bond donors (Lipinski definition) is 0. The topological polar surface area (TPSA) is 78.9 Å². The molecule has 0 radical (unpaired) electrons. The molecule has 11 heteroatoms. The van der Waals surface area contributed by atoms with Crippen LogP contribution in [0.5, 0.6) is 0 Å². The van der Waals surface area contributed by atoms with Crippen molar-refractivity contribution in [2.24, 2.45) is 0 Å². The minimum Gasteiger partial charge on any atom is -0.351 e. The van der Waals surface area contributed by atoms with Crippen LogP contribution in [0.15, 0.2) is 0 Å². The second-order valence-electron chi connectivity index (χ2n) is 7.90. The Hall–Kier alpha value is 0.711. The lowest BCUT2D eigenvalue weighted by molar-refractivity contribution is 0.386. The predicted molar refractivity (Wildman–Crippen MR) is 94.7 cm³/mol. The average Bonchev–Trinajstić information content (AvgIpc) is 1.83. The van der Waals surface area contributed by atoms with Gasteiger partial charge in [-0.05, 0) is 58.9 Å². The summed E-state index contributed by atoms with van der Waals surface area (Å²) in [6, 6.07) is 0. The van der Waals surface area contributed by atoms with Crippen molar-refractivity contribution in [1.82, 2.24) is 0 Å².